The molecule has 7 heteroatoms. The number of hydrogen-bond donors (Lipinski definition) is 3. The highest BCUT2D eigenvalue weighted by Crippen LogP contribution is 2.33. The van der Waals surface area contributed by atoms with Crippen molar-refractivity contribution in [1.29, 1.82) is 0 Å². The Morgan fingerprint density at radius 2 is 1.91 bits per heavy atom. The number of ketones is 1. The standard InChI is InChI=1S/C28H39NO6/c1-3-4-7-10-22(31)15-18-25-24(26(32)19-27(25)33)11-8-5-6-9-12-28(34)35-23-16-13-21(14-17-23)29-20(2)30/h5,8,13-18,22,24-25,27,31,33H,3-4,6-7,9-12,19H2,1-2H3,(H,29,30)/t22-,24+,25+,27+/m0/s1. The van der Waals surface area contributed by atoms with Gasteiger partial charge < -0.3 is 20.3 Å². The Morgan fingerprint density at radius 3 is 2.60 bits per heavy atom. The van der Waals surface area contributed by atoms with E-state index in [2.05, 4.69) is 12.2 Å². The summed E-state index contributed by atoms with van der Waals surface area (Å²) >= 11 is 0. The van der Waals surface area contributed by atoms with Gasteiger partial charge in [0.2, 0.25) is 5.91 Å². The summed E-state index contributed by atoms with van der Waals surface area (Å²) in [6, 6.07) is 6.60. The maximum absolute atomic E-state index is 12.3. The van der Waals surface area contributed by atoms with Crippen molar-refractivity contribution in [3.05, 3.63) is 48.6 Å². The van der Waals surface area contributed by atoms with Crippen LogP contribution in [0.25, 0.3) is 0 Å². The van der Waals surface area contributed by atoms with Crippen LogP contribution in [0, 0.1) is 11.8 Å². The van der Waals surface area contributed by atoms with E-state index >= 15 is 0 Å². The number of ether oxygens (including phenoxy) is 1. The molecule has 0 heterocycles. The maximum atomic E-state index is 12.3. The van der Waals surface area contributed by atoms with Gasteiger partial charge in [0.15, 0.2) is 0 Å². The van der Waals surface area contributed by atoms with Gasteiger partial charge in [0.1, 0.15) is 11.5 Å². The van der Waals surface area contributed by atoms with E-state index in [1.165, 1.54) is 6.92 Å². The fraction of sp³-hybridized carbons (Fsp3) is 0.536. The van der Waals surface area contributed by atoms with E-state index < -0.39 is 12.2 Å². The fourth-order valence-electron chi connectivity index (χ4n) is 4.20. The second-order valence-corrected chi connectivity index (χ2v) is 9.15. The molecule has 0 spiro atoms. The number of aliphatic hydroxyl groups excluding tert-OH is 2. The number of esters is 1. The maximum Gasteiger partial charge on any atom is 0.311 e. The smallest absolute Gasteiger partial charge is 0.311 e. The number of amides is 1. The van der Waals surface area contributed by atoms with Crippen LogP contribution in [0.5, 0.6) is 5.75 Å². The lowest BCUT2D eigenvalue weighted by Gasteiger charge is -2.16. The predicted octanol–water partition coefficient (Wildman–Crippen LogP) is 4.73. The van der Waals surface area contributed by atoms with Crippen LogP contribution in [0.1, 0.15) is 71.6 Å². The molecule has 3 N–H and O–H groups in total. The zero-order chi connectivity index (χ0) is 25.6. The van der Waals surface area contributed by atoms with Crippen LogP contribution < -0.4 is 10.1 Å². The van der Waals surface area contributed by atoms with Crippen LogP contribution >= 0.6 is 0 Å². The van der Waals surface area contributed by atoms with Gasteiger partial charge in [-0.05, 0) is 49.9 Å². The molecule has 192 valence electrons. The van der Waals surface area contributed by atoms with Crippen molar-refractivity contribution in [3.8, 4) is 5.75 Å². The van der Waals surface area contributed by atoms with Crippen molar-refractivity contribution in [2.45, 2.75) is 83.8 Å². The average molecular weight is 486 g/mol. The number of carbonyl (C=O) groups is 3. The molecule has 2 rings (SSSR count). The first-order chi connectivity index (χ1) is 16.8. The third-order valence-electron chi connectivity index (χ3n) is 6.11. The summed E-state index contributed by atoms with van der Waals surface area (Å²) in [5.74, 6) is -0.592. The number of hydrogen-bond acceptors (Lipinski definition) is 6. The Bertz CT molecular complexity index is 876. The molecule has 0 aromatic heterocycles. The molecule has 7 nitrogen and oxygen atoms in total. The Hall–Kier alpha value is -2.77. The minimum atomic E-state index is -0.706. The van der Waals surface area contributed by atoms with E-state index in [1.54, 1.807) is 30.3 Å². The Morgan fingerprint density at radius 1 is 1.17 bits per heavy atom. The molecule has 0 radical (unpaired) electrons. The van der Waals surface area contributed by atoms with Gasteiger partial charge in [-0.3, -0.25) is 14.4 Å². The van der Waals surface area contributed by atoms with E-state index in [-0.39, 0.29) is 42.3 Å². The lowest BCUT2D eigenvalue weighted by Crippen LogP contribution is -2.18. The summed E-state index contributed by atoms with van der Waals surface area (Å²) < 4.78 is 5.30. The van der Waals surface area contributed by atoms with Crippen molar-refractivity contribution in [1.82, 2.24) is 0 Å². The molecule has 35 heavy (non-hydrogen) atoms. The topological polar surface area (TPSA) is 113 Å². The van der Waals surface area contributed by atoms with E-state index in [0.717, 1.165) is 19.3 Å². The summed E-state index contributed by atoms with van der Waals surface area (Å²) in [6.07, 6.45) is 12.2. The molecule has 4 atom stereocenters. The SMILES string of the molecule is CCCCC[C@H](O)C=C[C@H]1[C@H](O)CC(=O)[C@@H]1CC=CCCCC(=O)Oc1ccc(NC(C)=O)cc1. The number of allylic oxidation sites excluding steroid dienone is 2. The molecule has 0 aliphatic heterocycles. The van der Waals surface area contributed by atoms with Gasteiger partial charge in [0, 0.05) is 37.3 Å². The number of Topliss-reactive ketones (excluding diaryl/α,β-unsaturated/α-hetero) is 1. The summed E-state index contributed by atoms with van der Waals surface area (Å²) in [4.78, 5) is 35.4. The quantitative estimate of drug-likeness (QED) is 0.152. The third kappa shape index (κ3) is 10.6. The second kappa shape index (κ2) is 15.3. The van der Waals surface area contributed by atoms with Crippen LogP contribution in [-0.4, -0.2) is 40.1 Å². The number of carbonyl (C=O) groups excluding carboxylic acids is 3. The monoisotopic (exact) mass is 485 g/mol. The van der Waals surface area contributed by atoms with E-state index in [4.69, 9.17) is 4.74 Å². The van der Waals surface area contributed by atoms with Crippen molar-refractivity contribution in [2.75, 3.05) is 5.32 Å². The van der Waals surface area contributed by atoms with Gasteiger partial charge in [-0.1, -0.05) is 50.5 Å². The average Bonchev–Trinajstić information content (AvgIpc) is 3.07. The molecule has 0 unspecified atom stereocenters. The zero-order valence-corrected chi connectivity index (χ0v) is 20.8. The second-order valence-electron chi connectivity index (χ2n) is 9.15. The molecule has 0 saturated heterocycles. The summed E-state index contributed by atoms with van der Waals surface area (Å²) in [6.45, 7) is 3.54. The largest absolute Gasteiger partial charge is 0.427 e. The van der Waals surface area contributed by atoms with Gasteiger partial charge in [0.25, 0.3) is 0 Å². The van der Waals surface area contributed by atoms with Gasteiger partial charge in [0.05, 0.1) is 12.2 Å². The minimum absolute atomic E-state index is 0.0466. The minimum Gasteiger partial charge on any atom is -0.427 e. The van der Waals surface area contributed by atoms with E-state index in [0.29, 0.717) is 37.1 Å². The summed E-state index contributed by atoms with van der Waals surface area (Å²) in [5.41, 5.74) is 0.636. The first kappa shape index (κ1) is 28.5. The number of anilines is 1. The third-order valence-corrected chi connectivity index (χ3v) is 6.11. The van der Waals surface area contributed by atoms with Gasteiger partial charge in [-0.15, -0.1) is 0 Å². The Kier molecular flexibility index (Phi) is 12.4. The number of rotatable bonds is 14. The molecular formula is C28H39NO6. The zero-order valence-electron chi connectivity index (χ0n) is 20.8. The number of aliphatic hydroxyl groups is 2. The van der Waals surface area contributed by atoms with Crippen molar-refractivity contribution in [2.24, 2.45) is 11.8 Å². The Labute approximate surface area is 208 Å². The molecule has 1 aromatic rings. The van der Waals surface area contributed by atoms with Crippen molar-refractivity contribution in [3.63, 3.8) is 0 Å². The molecule has 1 aliphatic carbocycles. The molecule has 1 amide bonds. The van der Waals surface area contributed by atoms with Crippen LogP contribution in [0.2, 0.25) is 0 Å². The lowest BCUT2D eigenvalue weighted by molar-refractivity contribution is -0.134. The van der Waals surface area contributed by atoms with Crippen molar-refractivity contribution < 1.29 is 29.3 Å². The van der Waals surface area contributed by atoms with Crippen LogP contribution in [0.15, 0.2) is 48.6 Å². The highest BCUT2D eigenvalue weighted by atomic mass is 16.5. The van der Waals surface area contributed by atoms with Crippen LogP contribution in [0.4, 0.5) is 5.69 Å². The summed E-state index contributed by atoms with van der Waals surface area (Å²) in [5, 5.41) is 23.0. The van der Waals surface area contributed by atoms with Gasteiger partial charge in [-0.25, -0.2) is 0 Å². The van der Waals surface area contributed by atoms with Crippen LogP contribution in [-0.2, 0) is 14.4 Å². The van der Waals surface area contributed by atoms with Gasteiger partial charge in [-0.2, -0.15) is 0 Å². The normalized spacial score (nSPS) is 21.0. The number of benzene rings is 1. The van der Waals surface area contributed by atoms with Crippen molar-refractivity contribution >= 4 is 23.3 Å². The highest BCUT2D eigenvalue weighted by molar-refractivity contribution is 5.88. The van der Waals surface area contributed by atoms with Crippen LogP contribution in [0.3, 0.4) is 0 Å². The summed E-state index contributed by atoms with van der Waals surface area (Å²) in [7, 11) is 0. The molecule has 1 fully saturated rings. The first-order valence-electron chi connectivity index (χ1n) is 12.6. The number of unbranched alkanes of at least 4 members (excludes halogenated alkanes) is 3. The molecule has 1 saturated carbocycles. The fourth-order valence-corrected chi connectivity index (χ4v) is 4.20. The predicted molar refractivity (Wildman–Crippen MR) is 136 cm³/mol. The molecule has 1 aliphatic rings. The highest BCUT2D eigenvalue weighted by Gasteiger charge is 2.39. The lowest BCUT2D eigenvalue weighted by atomic mass is 9.90. The molecule has 1 aromatic carbocycles. The molecular weight excluding hydrogens is 446 g/mol. The van der Waals surface area contributed by atoms with E-state index in [1.807, 2.05) is 18.2 Å². The first-order valence-corrected chi connectivity index (χ1v) is 12.6. The van der Waals surface area contributed by atoms with E-state index in [9.17, 15) is 24.6 Å². The number of nitrogens with one attached hydrogen (secondary N) is 1. The molecule has 0 bridgehead atoms. The van der Waals surface area contributed by atoms with Gasteiger partial charge >= 0.3 is 5.97 Å². The Balaban J connectivity index is 1.71.